The van der Waals surface area contributed by atoms with E-state index in [2.05, 4.69) is 18.7 Å². The Kier molecular flexibility index (Phi) is 4.30. The van der Waals surface area contributed by atoms with Crippen LogP contribution in [0.5, 0.6) is 0 Å². The quantitative estimate of drug-likeness (QED) is 0.681. The lowest BCUT2D eigenvalue weighted by Gasteiger charge is -2.33. The van der Waals surface area contributed by atoms with Crippen LogP contribution in [0.1, 0.15) is 39.5 Å². The average molecular weight is 205 g/mol. The Hall–Kier alpha value is -0.180. The molecule has 0 aromatic rings. The lowest BCUT2D eigenvalue weighted by Crippen LogP contribution is -2.41. The molecule has 0 aromatic heterocycles. The van der Waals surface area contributed by atoms with Crippen molar-refractivity contribution in [2.75, 3.05) is 19.6 Å². The molecule has 1 fully saturated rings. The van der Waals surface area contributed by atoms with Gasteiger partial charge < -0.3 is 4.90 Å². The summed E-state index contributed by atoms with van der Waals surface area (Å²) in [6.07, 6.45) is 2.41. The van der Waals surface area contributed by atoms with E-state index >= 15 is 0 Å². The Morgan fingerprint density at radius 2 is 1.64 bits per heavy atom. The molecule has 0 aliphatic carbocycles. The summed E-state index contributed by atoms with van der Waals surface area (Å²) in [5, 5.41) is 0. The van der Waals surface area contributed by atoms with Gasteiger partial charge in [-0.3, -0.25) is 0 Å². The zero-order valence-corrected chi connectivity index (χ0v) is 9.23. The number of hydrogen-bond donors (Lipinski definition) is 0. The fourth-order valence-corrected chi connectivity index (χ4v) is 1.97. The second-order valence-corrected chi connectivity index (χ2v) is 4.34. The number of halogens is 2. The third-order valence-electron chi connectivity index (χ3n) is 3.26. The fraction of sp³-hybridized carbons (Fsp3) is 1.00. The van der Waals surface area contributed by atoms with Crippen LogP contribution < -0.4 is 0 Å². The molecule has 0 unspecified atom stereocenters. The van der Waals surface area contributed by atoms with Gasteiger partial charge in [0.2, 0.25) is 0 Å². The summed E-state index contributed by atoms with van der Waals surface area (Å²) in [5.74, 6) is -1.72. The van der Waals surface area contributed by atoms with E-state index < -0.39 is 5.92 Å². The first-order chi connectivity index (χ1) is 6.57. The minimum atomic E-state index is -2.40. The third kappa shape index (κ3) is 3.52. The standard InChI is InChI=1S/C11H21F2N/c1-3-10(4-2)9-14-7-5-11(12,13)6-8-14/h10H,3-9H2,1-2H3. The van der Waals surface area contributed by atoms with E-state index in [0.29, 0.717) is 19.0 Å². The molecule has 84 valence electrons. The highest BCUT2D eigenvalue weighted by molar-refractivity contribution is 4.78. The molecule has 0 aromatic carbocycles. The van der Waals surface area contributed by atoms with Crippen LogP contribution in [0.4, 0.5) is 8.78 Å². The van der Waals surface area contributed by atoms with Crippen molar-refractivity contribution in [1.29, 1.82) is 0 Å². The van der Waals surface area contributed by atoms with Crippen molar-refractivity contribution in [2.24, 2.45) is 5.92 Å². The topological polar surface area (TPSA) is 3.24 Å². The second-order valence-electron chi connectivity index (χ2n) is 4.34. The summed E-state index contributed by atoms with van der Waals surface area (Å²) in [6.45, 7) is 6.50. The van der Waals surface area contributed by atoms with Gasteiger partial charge in [-0.25, -0.2) is 8.78 Å². The van der Waals surface area contributed by atoms with Crippen LogP contribution in [0.25, 0.3) is 0 Å². The highest BCUT2D eigenvalue weighted by Gasteiger charge is 2.34. The molecule has 0 spiro atoms. The number of likely N-dealkylation sites (tertiary alicyclic amines) is 1. The summed E-state index contributed by atoms with van der Waals surface area (Å²) < 4.78 is 25.7. The molecule has 0 N–H and O–H groups in total. The smallest absolute Gasteiger partial charge is 0.250 e. The predicted octanol–water partition coefficient (Wildman–Crippen LogP) is 3.15. The zero-order valence-electron chi connectivity index (χ0n) is 9.23. The highest BCUT2D eigenvalue weighted by Crippen LogP contribution is 2.28. The van der Waals surface area contributed by atoms with Gasteiger partial charge >= 0.3 is 0 Å². The zero-order chi connectivity index (χ0) is 10.6. The lowest BCUT2D eigenvalue weighted by atomic mass is 10.0. The predicted molar refractivity (Wildman–Crippen MR) is 54.7 cm³/mol. The Labute approximate surface area is 85.5 Å². The molecule has 0 atom stereocenters. The summed E-state index contributed by atoms with van der Waals surface area (Å²) in [7, 11) is 0. The van der Waals surface area contributed by atoms with Crippen molar-refractivity contribution in [3.05, 3.63) is 0 Å². The number of alkyl halides is 2. The van der Waals surface area contributed by atoms with Crippen molar-refractivity contribution in [3.63, 3.8) is 0 Å². The van der Waals surface area contributed by atoms with Crippen LogP contribution >= 0.6 is 0 Å². The van der Waals surface area contributed by atoms with Gasteiger partial charge in [0.05, 0.1) is 0 Å². The van der Waals surface area contributed by atoms with Crippen molar-refractivity contribution >= 4 is 0 Å². The Morgan fingerprint density at radius 3 is 2.07 bits per heavy atom. The molecule has 0 radical (unpaired) electrons. The van der Waals surface area contributed by atoms with Gasteiger partial charge in [-0.05, 0) is 5.92 Å². The Balaban J connectivity index is 2.28. The summed E-state index contributed by atoms with van der Waals surface area (Å²) in [5.41, 5.74) is 0. The number of hydrogen-bond acceptors (Lipinski definition) is 1. The van der Waals surface area contributed by atoms with E-state index in [4.69, 9.17) is 0 Å². The summed E-state index contributed by atoms with van der Waals surface area (Å²) in [6, 6.07) is 0. The molecule has 14 heavy (non-hydrogen) atoms. The fourth-order valence-electron chi connectivity index (χ4n) is 1.97. The first-order valence-corrected chi connectivity index (χ1v) is 5.67. The number of nitrogens with zero attached hydrogens (tertiary/aromatic N) is 1. The van der Waals surface area contributed by atoms with E-state index in [-0.39, 0.29) is 12.8 Å². The van der Waals surface area contributed by atoms with Crippen LogP contribution in [-0.2, 0) is 0 Å². The van der Waals surface area contributed by atoms with Crippen molar-refractivity contribution in [2.45, 2.75) is 45.5 Å². The first kappa shape index (κ1) is 11.9. The Bertz CT molecular complexity index is 157. The van der Waals surface area contributed by atoms with Crippen molar-refractivity contribution in [3.8, 4) is 0 Å². The van der Waals surface area contributed by atoms with E-state index in [1.54, 1.807) is 0 Å². The van der Waals surface area contributed by atoms with Gasteiger partial charge in [-0.15, -0.1) is 0 Å². The molecule has 0 bridgehead atoms. The largest absolute Gasteiger partial charge is 0.303 e. The number of rotatable bonds is 4. The molecule has 1 saturated heterocycles. The monoisotopic (exact) mass is 205 g/mol. The summed E-state index contributed by atoms with van der Waals surface area (Å²) in [4.78, 5) is 2.19. The van der Waals surface area contributed by atoms with Crippen LogP contribution in [0, 0.1) is 5.92 Å². The van der Waals surface area contributed by atoms with Gasteiger partial charge in [-0.2, -0.15) is 0 Å². The molecular formula is C11H21F2N. The Morgan fingerprint density at radius 1 is 1.14 bits per heavy atom. The molecular weight excluding hydrogens is 184 g/mol. The molecule has 3 heteroatoms. The maximum atomic E-state index is 12.9. The summed E-state index contributed by atoms with van der Waals surface area (Å²) >= 11 is 0. The maximum Gasteiger partial charge on any atom is 0.250 e. The third-order valence-corrected chi connectivity index (χ3v) is 3.26. The molecule has 1 rings (SSSR count). The minimum absolute atomic E-state index is 0.0488. The molecule has 0 saturated carbocycles. The van der Waals surface area contributed by atoms with Crippen molar-refractivity contribution < 1.29 is 8.78 Å². The average Bonchev–Trinajstić information content (AvgIpc) is 2.16. The van der Waals surface area contributed by atoms with Gasteiger partial charge in [-0.1, -0.05) is 26.7 Å². The highest BCUT2D eigenvalue weighted by atomic mass is 19.3. The van der Waals surface area contributed by atoms with Crippen LogP contribution in [0.2, 0.25) is 0 Å². The van der Waals surface area contributed by atoms with Crippen LogP contribution in [0.15, 0.2) is 0 Å². The van der Waals surface area contributed by atoms with Gasteiger partial charge in [0.15, 0.2) is 0 Å². The SMILES string of the molecule is CCC(CC)CN1CCC(F)(F)CC1. The lowest BCUT2D eigenvalue weighted by molar-refractivity contribution is -0.0574. The normalized spacial score (nSPS) is 22.9. The molecule has 1 heterocycles. The number of piperidine rings is 1. The van der Waals surface area contributed by atoms with E-state index in [9.17, 15) is 8.78 Å². The molecule has 1 nitrogen and oxygen atoms in total. The molecule has 1 aliphatic heterocycles. The maximum absolute atomic E-state index is 12.9. The van der Waals surface area contributed by atoms with Gasteiger partial charge in [0.25, 0.3) is 5.92 Å². The molecule has 0 amide bonds. The van der Waals surface area contributed by atoms with E-state index in [0.717, 1.165) is 19.4 Å². The van der Waals surface area contributed by atoms with Gasteiger partial charge in [0, 0.05) is 32.5 Å². The molecule has 1 aliphatic rings. The van der Waals surface area contributed by atoms with Gasteiger partial charge in [0.1, 0.15) is 0 Å². The van der Waals surface area contributed by atoms with E-state index in [1.807, 2.05) is 0 Å². The second kappa shape index (κ2) is 5.06. The first-order valence-electron chi connectivity index (χ1n) is 5.67. The van der Waals surface area contributed by atoms with E-state index in [1.165, 1.54) is 0 Å². The van der Waals surface area contributed by atoms with Crippen molar-refractivity contribution in [1.82, 2.24) is 4.90 Å². The minimum Gasteiger partial charge on any atom is -0.303 e. The van der Waals surface area contributed by atoms with Crippen LogP contribution in [-0.4, -0.2) is 30.5 Å². The van der Waals surface area contributed by atoms with Crippen LogP contribution in [0.3, 0.4) is 0 Å².